The topological polar surface area (TPSA) is 34.9 Å². The largest absolute Gasteiger partial charge is 0.270 e. The summed E-state index contributed by atoms with van der Waals surface area (Å²) in [7, 11) is 0.410. The highest BCUT2D eigenvalue weighted by Crippen LogP contribution is 2.22. The Morgan fingerprint density at radius 1 is 1.50 bits per heavy atom. The summed E-state index contributed by atoms with van der Waals surface area (Å²) in [6.45, 7) is 1.79. The summed E-state index contributed by atoms with van der Waals surface area (Å²) in [5.74, 6) is -0.173. The van der Waals surface area contributed by atoms with Gasteiger partial charge in [-0.1, -0.05) is 17.7 Å². The molecule has 2 rings (SSSR count). The van der Waals surface area contributed by atoms with Crippen molar-refractivity contribution in [3.8, 4) is 0 Å². The van der Waals surface area contributed by atoms with Gasteiger partial charge >= 0.3 is 0 Å². The first-order valence-corrected chi connectivity index (χ1v) is 7.00. The summed E-state index contributed by atoms with van der Waals surface area (Å²) in [6.07, 6.45) is 0. The molecule has 1 atom stereocenters. The Hall–Kier alpha value is -1.20. The van der Waals surface area contributed by atoms with Crippen LogP contribution in [0.1, 0.15) is 11.4 Å². The first-order valence-electron chi connectivity index (χ1n) is 5.31. The van der Waals surface area contributed by atoms with Gasteiger partial charge in [0.15, 0.2) is 0 Å². The number of halogens is 2. The lowest BCUT2D eigenvalue weighted by molar-refractivity contribution is 0.622. The van der Waals surface area contributed by atoms with Gasteiger partial charge in [-0.05, 0) is 25.1 Å². The fourth-order valence-electron chi connectivity index (χ4n) is 1.65. The zero-order valence-electron chi connectivity index (χ0n) is 9.98. The average Bonchev–Trinajstić information content (AvgIpc) is 2.56. The second kappa shape index (κ2) is 5.20. The molecule has 18 heavy (non-hydrogen) atoms. The van der Waals surface area contributed by atoms with E-state index in [1.807, 2.05) is 0 Å². The smallest absolute Gasteiger partial charge is 0.124 e. The van der Waals surface area contributed by atoms with Gasteiger partial charge in [0, 0.05) is 11.9 Å². The number of rotatable bonds is 3. The predicted molar refractivity (Wildman–Crippen MR) is 69.5 cm³/mol. The Morgan fingerprint density at radius 2 is 2.22 bits per heavy atom. The third-order valence-electron chi connectivity index (χ3n) is 2.59. The molecule has 0 aliphatic carbocycles. The first kappa shape index (κ1) is 13.2. The molecule has 0 amide bonds. The minimum Gasteiger partial charge on any atom is -0.270 e. The third-order valence-corrected chi connectivity index (χ3v) is 4.40. The third kappa shape index (κ3) is 2.62. The van der Waals surface area contributed by atoms with Crippen LogP contribution in [0, 0.1) is 12.7 Å². The minimum atomic E-state index is -1.34. The van der Waals surface area contributed by atoms with Crippen molar-refractivity contribution in [1.29, 1.82) is 0 Å². The van der Waals surface area contributed by atoms with Crippen molar-refractivity contribution in [1.82, 2.24) is 9.78 Å². The molecule has 0 bridgehead atoms. The van der Waals surface area contributed by atoms with Gasteiger partial charge in [-0.25, -0.2) is 4.39 Å². The van der Waals surface area contributed by atoms with Crippen LogP contribution < -0.4 is 0 Å². The van der Waals surface area contributed by atoms with Gasteiger partial charge in [0.1, 0.15) is 5.82 Å². The van der Waals surface area contributed by atoms with E-state index >= 15 is 0 Å². The van der Waals surface area contributed by atoms with Crippen LogP contribution in [0.15, 0.2) is 29.2 Å². The molecule has 96 valence electrons. The highest BCUT2D eigenvalue weighted by Gasteiger charge is 2.15. The van der Waals surface area contributed by atoms with E-state index in [-0.39, 0.29) is 5.75 Å². The number of hydrogen-bond donors (Lipinski definition) is 0. The molecule has 0 saturated carbocycles. The molecule has 0 fully saturated rings. The summed E-state index contributed by atoms with van der Waals surface area (Å²) in [5, 5.41) is 4.67. The van der Waals surface area contributed by atoms with Crippen LogP contribution in [0.3, 0.4) is 0 Å². The van der Waals surface area contributed by atoms with Crippen molar-refractivity contribution in [3.63, 3.8) is 0 Å². The SMILES string of the molecule is Cc1nn(C)c(CS(=O)c2cccc(F)c2)c1Cl. The van der Waals surface area contributed by atoms with E-state index in [1.54, 1.807) is 30.8 Å². The van der Waals surface area contributed by atoms with Crippen molar-refractivity contribution >= 4 is 22.4 Å². The van der Waals surface area contributed by atoms with Gasteiger partial charge in [0.2, 0.25) is 0 Å². The molecule has 1 heterocycles. The van der Waals surface area contributed by atoms with Gasteiger partial charge in [-0.2, -0.15) is 5.10 Å². The van der Waals surface area contributed by atoms with Crippen LogP contribution >= 0.6 is 11.6 Å². The Bertz CT molecular complexity index is 612. The van der Waals surface area contributed by atoms with Crippen LogP contribution in [0.25, 0.3) is 0 Å². The van der Waals surface area contributed by atoms with Gasteiger partial charge in [0.25, 0.3) is 0 Å². The van der Waals surface area contributed by atoms with Crippen molar-refractivity contribution in [3.05, 3.63) is 46.5 Å². The molecule has 0 spiro atoms. The van der Waals surface area contributed by atoms with Crippen molar-refractivity contribution < 1.29 is 8.60 Å². The molecule has 0 radical (unpaired) electrons. The van der Waals surface area contributed by atoms with E-state index < -0.39 is 16.6 Å². The van der Waals surface area contributed by atoms with Crippen LogP contribution in [0.2, 0.25) is 5.02 Å². The summed E-state index contributed by atoms with van der Waals surface area (Å²) < 4.78 is 26.8. The number of benzene rings is 1. The van der Waals surface area contributed by atoms with E-state index in [2.05, 4.69) is 5.10 Å². The zero-order valence-corrected chi connectivity index (χ0v) is 11.6. The molecule has 2 aromatic rings. The quantitative estimate of drug-likeness (QED) is 0.870. The van der Waals surface area contributed by atoms with Crippen LogP contribution in [-0.2, 0) is 23.6 Å². The van der Waals surface area contributed by atoms with Gasteiger partial charge < -0.3 is 0 Å². The molecular weight excluding hydrogens is 275 g/mol. The van der Waals surface area contributed by atoms with Gasteiger partial charge in [-0.15, -0.1) is 0 Å². The number of aryl methyl sites for hydroxylation is 2. The maximum atomic E-state index is 13.1. The molecule has 1 unspecified atom stereocenters. The monoisotopic (exact) mass is 286 g/mol. The summed E-state index contributed by atoms with van der Waals surface area (Å²) in [5.41, 5.74) is 1.39. The lowest BCUT2D eigenvalue weighted by Gasteiger charge is -2.04. The molecule has 1 aromatic heterocycles. The normalized spacial score (nSPS) is 12.7. The molecule has 1 aromatic carbocycles. The van der Waals surface area contributed by atoms with E-state index in [1.165, 1.54) is 12.1 Å². The lowest BCUT2D eigenvalue weighted by atomic mass is 10.3. The number of hydrogen-bond acceptors (Lipinski definition) is 2. The zero-order chi connectivity index (χ0) is 13.3. The summed E-state index contributed by atoms with van der Waals surface area (Å²) in [6, 6.07) is 5.77. The van der Waals surface area contributed by atoms with Gasteiger partial charge in [-0.3, -0.25) is 8.89 Å². The maximum absolute atomic E-state index is 13.1. The summed E-state index contributed by atoms with van der Waals surface area (Å²) in [4.78, 5) is 0.449. The Balaban J connectivity index is 2.27. The van der Waals surface area contributed by atoms with Crippen LogP contribution in [-0.4, -0.2) is 14.0 Å². The van der Waals surface area contributed by atoms with Crippen LogP contribution in [0.4, 0.5) is 4.39 Å². The molecular formula is C12H12ClFN2OS. The Morgan fingerprint density at radius 3 is 2.78 bits per heavy atom. The Labute approximate surface area is 112 Å². The summed E-state index contributed by atoms with van der Waals surface area (Å²) >= 11 is 6.09. The Kier molecular flexibility index (Phi) is 3.82. The predicted octanol–water partition coefficient (Wildman–Crippen LogP) is 2.83. The highest BCUT2D eigenvalue weighted by atomic mass is 35.5. The standard InChI is InChI=1S/C12H12ClFN2OS/c1-8-12(13)11(16(2)15-8)7-18(17)10-5-3-4-9(14)6-10/h3-6H,7H2,1-2H3. The average molecular weight is 287 g/mol. The molecule has 6 heteroatoms. The molecule has 0 aliphatic rings. The van der Waals surface area contributed by atoms with E-state index in [9.17, 15) is 8.60 Å². The molecule has 0 saturated heterocycles. The number of aromatic nitrogens is 2. The van der Waals surface area contributed by atoms with Crippen LogP contribution in [0.5, 0.6) is 0 Å². The van der Waals surface area contributed by atoms with Crippen molar-refractivity contribution in [2.75, 3.05) is 0 Å². The van der Waals surface area contributed by atoms with Gasteiger partial charge in [0.05, 0.1) is 33.0 Å². The lowest BCUT2D eigenvalue weighted by Crippen LogP contribution is -2.03. The van der Waals surface area contributed by atoms with E-state index in [0.29, 0.717) is 21.3 Å². The fraction of sp³-hybridized carbons (Fsp3) is 0.250. The van der Waals surface area contributed by atoms with Crippen molar-refractivity contribution in [2.45, 2.75) is 17.6 Å². The minimum absolute atomic E-state index is 0.222. The fourth-order valence-corrected chi connectivity index (χ4v) is 3.18. The van der Waals surface area contributed by atoms with E-state index in [0.717, 1.165) is 0 Å². The second-order valence-electron chi connectivity index (χ2n) is 3.92. The highest BCUT2D eigenvalue weighted by molar-refractivity contribution is 7.84. The maximum Gasteiger partial charge on any atom is 0.124 e. The number of nitrogens with zero attached hydrogens (tertiary/aromatic N) is 2. The van der Waals surface area contributed by atoms with Crippen molar-refractivity contribution in [2.24, 2.45) is 7.05 Å². The van der Waals surface area contributed by atoms with E-state index in [4.69, 9.17) is 11.6 Å². The first-order chi connectivity index (χ1) is 8.49. The molecule has 0 N–H and O–H groups in total. The molecule has 0 aliphatic heterocycles. The second-order valence-corrected chi connectivity index (χ2v) is 5.75. The molecule has 3 nitrogen and oxygen atoms in total.